The molecule has 0 aliphatic carbocycles. The van der Waals surface area contributed by atoms with Gasteiger partial charge in [0.25, 0.3) is 0 Å². The number of carbonyl (C=O) groups is 1. The molecule has 0 aliphatic heterocycles. The van der Waals surface area contributed by atoms with E-state index in [0.29, 0.717) is 6.29 Å². The lowest BCUT2D eigenvalue weighted by molar-refractivity contribution is 0.112. The molecular formula is C9H9ClO5S. The lowest BCUT2D eigenvalue weighted by Gasteiger charge is -2.08. The Morgan fingerprint density at radius 3 is 2.56 bits per heavy atom. The molecule has 5 nitrogen and oxygen atoms in total. The molecule has 1 aromatic carbocycles. The third kappa shape index (κ3) is 3.11. The zero-order valence-electron chi connectivity index (χ0n) is 8.31. The molecule has 0 saturated heterocycles. The average Bonchev–Trinajstić information content (AvgIpc) is 2.16. The van der Waals surface area contributed by atoms with Gasteiger partial charge in [-0.25, -0.2) is 8.42 Å². The Morgan fingerprint density at radius 2 is 2.12 bits per heavy atom. The van der Waals surface area contributed by atoms with Crippen molar-refractivity contribution in [2.45, 2.75) is 5.75 Å². The molecule has 1 aromatic rings. The fourth-order valence-corrected chi connectivity index (χ4v) is 2.19. The maximum absolute atomic E-state index is 10.9. The first-order valence-corrected chi connectivity index (χ1v) is 6.62. The average molecular weight is 265 g/mol. The molecule has 0 radical (unpaired) electrons. The number of halogens is 1. The Bertz CT molecular complexity index is 509. The van der Waals surface area contributed by atoms with Gasteiger partial charge in [0.05, 0.1) is 12.9 Å². The third-order valence-electron chi connectivity index (χ3n) is 1.90. The van der Waals surface area contributed by atoms with E-state index in [1.807, 2.05) is 0 Å². The number of carbonyl (C=O) groups excluding carboxylic acids is 1. The fraction of sp³-hybridized carbons (Fsp3) is 0.222. The summed E-state index contributed by atoms with van der Waals surface area (Å²) in [5, 5.41) is 9.43. The first-order chi connectivity index (χ1) is 7.37. The number of hydrogen-bond acceptors (Lipinski definition) is 5. The van der Waals surface area contributed by atoms with Crippen molar-refractivity contribution in [1.82, 2.24) is 0 Å². The minimum atomic E-state index is -3.78. The topological polar surface area (TPSA) is 80.7 Å². The molecule has 0 fully saturated rings. The highest BCUT2D eigenvalue weighted by atomic mass is 35.7. The number of benzene rings is 1. The second-order valence-electron chi connectivity index (χ2n) is 3.02. The number of methoxy groups -OCH3 is 1. The normalized spacial score (nSPS) is 11.1. The van der Waals surface area contributed by atoms with Crippen LogP contribution in [-0.2, 0) is 14.8 Å². The highest BCUT2D eigenvalue weighted by Gasteiger charge is 2.14. The van der Waals surface area contributed by atoms with Gasteiger partial charge < -0.3 is 9.84 Å². The van der Waals surface area contributed by atoms with Crippen molar-refractivity contribution in [2.24, 2.45) is 0 Å². The monoisotopic (exact) mass is 264 g/mol. The largest absolute Gasteiger partial charge is 0.504 e. The van der Waals surface area contributed by atoms with Crippen LogP contribution in [0.15, 0.2) is 12.1 Å². The van der Waals surface area contributed by atoms with Crippen LogP contribution < -0.4 is 4.74 Å². The van der Waals surface area contributed by atoms with Crippen molar-refractivity contribution in [1.29, 1.82) is 0 Å². The number of ether oxygens (including phenoxy) is 1. The Hall–Kier alpha value is -1.27. The van der Waals surface area contributed by atoms with Crippen molar-refractivity contribution in [2.75, 3.05) is 7.11 Å². The van der Waals surface area contributed by atoms with E-state index in [2.05, 4.69) is 0 Å². The molecule has 7 heteroatoms. The molecule has 1 N–H and O–H groups in total. The Balaban J connectivity index is 3.29. The van der Waals surface area contributed by atoms with Crippen LogP contribution in [0.1, 0.15) is 15.9 Å². The predicted molar refractivity (Wildman–Crippen MR) is 58.5 cm³/mol. The molecule has 0 saturated carbocycles. The van der Waals surface area contributed by atoms with E-state index in [9.17, 15) is 18.3 Å². The van der Waals surface area contributed by atoms with Crippen LogP contribution in [0, 0.1) is 0 Å². The van der Waals surface area contributed by atoms with Crippen LogP contribution in [0.5, 0.6) is 11.5 Å². The van der Waals surface area contributed by atoms with Crippen molar-refractivity contribution >= 4 is 26.0 Å². The molecule has 16 heavy (non-hydrogen) atoms. The lowest BCUT2D eigenvalue weighted by Crippen LogP contribution is -2.00. The van der Waals surface area contributed by atoms with E-state index in [4.69, 9.17) is 15.4 Å². The van der Waals surface area contributed by atoms with E-state index >= 15 is 0 Å². The molecule has 0 unspecified atom stereocenters. The van der Waals surface area contributed by atoms with Crippen LogP contribution in [0.2, 0.25) is 0 Å². The number of phenols is 1. The lowest BCUT2D eigenvalue weighted by atomic mass is 10.1. The molecule has 1 rings (SSSR count). The van der Waals surface area contributed by atoms with Gasteiger partial charge in [-0.1, -0.05) is 0 Å². The van der Waals surface area contributed by atoms with Crippen LogP contribution in [-0.4, -0.2) is 26.9 Å². The summed E-state index contributed by atoms with van der Waals surface area (Å²) in [6, 6.07) is 2.39. The minimum Gasteiger partial charge on any atom is -0.504 e. The number of phenolic OH excluding ortho intramolecular Hbond substituents is 1. The van der Waals surface area contributed by atoms with Gasteiger partial charge in [-0.3, -0.25) is 4.79 Å². The van der Waals surface area contributed by atoms with Crippen LogP contribution in [0.3, 0.4) is 0 Å². The van der Waals surface area contributed by atoms with E-state index in [1.54, 1.807) is 0 Å². The maximum atomic E-state index is 10.9. The zero-order chi connectivity index (χ0) is 12.3. The molecule has 0 aromatic heterocycles. The molecule has 0 bridgehead atoms. The second kappa shape index (κ2) is 4.71. The standard InChI is InChI=1S/C9H9ClO5S/c1-15-9-3-6(4-11)7(2-8(9)12)5-16(10,13)14/h2-4,12H,5H2,1H3. The highest BCUT2D eigenvalue weighted by Crippen LogP contribution is 2.30. The highest BCUT2D eigenvalue weighted by molar-refractivity contribution is 8.13. The number of hydrogen-bond donors (Lipinski definition) is 1. The van der Waals surface area contributed by atoms with Crippen LogP contribution in [0.4, 0.5) is 0 Å². The SMILES string of the molecule is COc1cc(C=O)c(CS(=O)(=O)Cl)cc1O. The molecule has 0 atom stereocenters. The van der Waals surface area contributed by atoms with E-state index in [1.165, 1.54) is 13.2 Å². The summed E-state index contributed by atoms with van der Waals surface area (Å²) >= 11 is 0. The van der Waals surface area contributed by atoms with E-state index < -0.39 is 14.8 Å². The van der Waals surface area contributed by atoms with Crippen LogP contribution in [0.25, 0.3) is 0 Å². The van der Waals surface area contributed by atoms with Gasteiger partial charge >= 0.3 is 0 Å². The number of rotatable bonds is 4. The van der Waals surface area contributed by atoms with E-state index in [-0.39, 0.29) is 22.6 Å². The second-order valence-corrected chi connectivity index (χ2v) is 5.80. The molecule has 0 aliphatic rings. The van der Waals surface area contributed by atoms with Crippen molar-refractivity contribution < 1.29 is 23.1 Å². The minimum absolute atomic E-state index is 0.0952. The van der Waals surface area contributed by atoms with Gasteiger partial charge in [-0.15, -0.1) is 0 Å². The molecular weight excluding hydrogens is 256 g/mol. The summed E-state index contributed by atoms with van der Waals surface area (Å²) < 4.78 is 26.5. The van der Waals surface area contributed by atoms with Gasteiger partial charge in [0.15, 0.2) is 17.8 Å². The van der Waals surface area contributed by atoms with Crippen molar-refractivity contribution in [3.63, 3.8) is 0 Å². The summed E-state index contributed by atoms with van der Waals surface area (Å²) in [7, 11) is 2.60. The first kappa shape index (κ1) is 12.8. The first-order valence-electron chi connectivity index (χ1n) is 4.14. The van der Waals surface area contributed by atoms with Gasteiger partial charge in [0.1, 0.15) is 0 Å². The third-order valence-corrected chi connectivity index (χ3v) is 2.88. The summed E-state index contributed by atoms with van der Waals surface area (Å²) in [4.78, 5) is 10.7. The Morgan fingerprint density at radius 1 is 1.50 bits per heavy atom. The zero-order valence-corrected chi connectivity index (χ0v) is 9.88. The number of aldehydes is 1. The predicted octanol–water partition coefficient (Wildman–Crippen LogP) is 1.28. The fourth-order valence-electron chi connectivity index (χ4n) is 1.21. The smallest absolute Gasteiger partial charge is 0.236 e. The summed E-state index contributed by atoms with van der Waals surface area (Å²) in [6.45, 7) is 0. The van der Waals surface area contributed by atoms with Crippen molar-refractivity contribution in [3.05, 3.63) is 23.3 Å². The molecule has 0 amide bonds. The van der Waals surface area contributed by atoms with Gasteiger partial charge in [0, 0.05) is 16.2 Å². The summed E-state index contributed by atoms with van der Waals surface area (Å²) in [5.41, 5.74) is 0.238. The summed E-state index contributed by atoms with van der Waals surface area (Å²) in [6.07, 6.45) is 0.472. The Labute approximate surface area is 97.0 Å². The van der Waals surface area contributed by atoms with Gasteiger partial charge in [-0.2, -0.15) is 0 Å². The Kier molecular flexibility index (Phi) is 3.77. The molecule has 88 valence electrons. The van der Waals surface area contributed by atoms with Crippen LogP contribution >= 0.6 is 10.7 Å². The van der Waals surface area contributed by atoms with Crippen molar-refractivity contribution in [3.8, 4) is 11.5 Å². The summed E-state index contributed by atoms with van der Waals surface area (Å²) in [5.74, 6) is -0.679. The quantitative estimate of drug-likeness (QED) is 0.654. The molecule has 0 spiro atoms. The number of aromatic hydroxyl groups is 1. The molecule has 0 heterocycles. The van der Waals surface area contributed by atoms with Gasteiger partial charge in [-0.05, 0) is 17.7 Å². The van der Waals surface area contributed by atoms with Gasteiger partial charge in [0.2, 0.25) is 9.05 Å². The maximum Gasteiger partial charge on any atom is 0.236 e. The van der Waals surface area contributed by atoms with E-state index in [0.717, 1.165) is 6.07 Å².